The number of amides is 2. The van der Waals surface area contributed by atoms with Crippen molar-refractivity contribution in [2.24, 2.45) is 0 Å². The molecular formula is C23H15F3N2O3. The molecule has 1 aliphatic rings. The lowest BCUT2D eigenvalue weighted by Gasteiger charge is -2.16. The molecule has 0 saturated heterocycles. The molecule has 0 saturated carbocycles. The van der Waals surface area contributed by atoms with E-state index in [1.165, 1.54) is 25.3 Å². The van der Waals surface area contributed by atoms with Crippen LogP contribution in [0.4, 0.5) is 24.5 Å². The molecule has 3 aromatic carbocycles. The van der Waals surface area contributed by atoms with E-state index in [9.17, 15) is 22.8 Å². The Hall–Kier alpha value is -4.07. The molecule has 0 bridgehead atoms. The van der Waals surface area contributed by atoms with Gasteiger partial charge in [-0.15, -0.1) is 0 Å². The molecule has 156 valence electrons. The summed E-state index contributed by atoms with van der Waals surface area (Å²) < 4.78 is 46.8. The predicted octanol–water partition coefficient (Wildman–Crippen LogP) is 4.51. The highest BCUT2D eigenvalue weighted by molar-refractivity contribution is 6.46. The minimum Gasteiger partial charge on any atom is -0.496 e. The fourth-order valence-corrected chi connectivity index (χ4v) is 3.34. The number of carbonyl (C=O) groups excluding carboxylic acids is 2. The number of methoxy groups -OCH3 is 1. The number of nitrogens with one attached hydrogen (secondary N) is 1. The summed E-state index contributed by atoms with van der Waals surface area (Å²) in [7, 11) is 1.40. The molecule has 0 aromatic heterocycles. The van der Waals surface area contributed by atoms with Crippen LogP contribution in [0.5, 0.6) is 5.75 Å². The molecule has 4 rings (SSSR count). The fraction of sp³-hybridized carbons (Fsp3) is 0.0435. The van der Waals surface area contributed by atoms with Crippen LogP contribution in [0.25, 0.3) is 5.57 Å². The molecule has 2 amide bonds. The summed E-state index contributed by atoms with van der Waals surface area (Å²) in [5.74, 6) is -3.88. The van der Waals surface area contributed by atoms with Crippen LogP contribution in [-0.4, -0.2) is 18.9 Å². The van der Waals surface area contributed by atoms with E-state index in [1.54, 1.807) is 24.3 Å². The first-order valence-corrected chi connectivity index (χ1v) is 9.15. The van der Waals surface area contributed by atoms with Crippen LogP contribution >= 0.6 is 0 Å². The third kappa shape index (κ3) is 3.63. The van der Waals surface area contributed by atoms with Gasteiger partial charge in [-0.2, -0.15) is 0 Å². The second-order valence-electron chi connectivity index (χ2n) is 6.63. The zero-order chi connectivity index (χ0) is 22.1. The molecular weight excluding hydrogens is 409 g/mol. The lowest BCUT2D eigenvalue weighted by molar-refractivity contribution is -0.120. The van der Waals surface area contributed by atoms with Gasteiger partial charge in [0.1, 0.15) is 28.9 Å². The summed E-state index contributed by atoms with van der Waals surface area (Å²) in [4.78, 5) is 27.1. The monoisotopic (exact) mass is 424 g/mol. The maximum atomic E-state index is 14.4. The van der Waals surface area contributed by atoms with E-state index in [-0.39, 0.29) is 22.5 Å². The van der Waals surface area contributed by atoms with Gasteiger partial charge < -0.3 is 10.1 Å². The van der Waals surface area contributed by atoms with E-state index in [0.717, 1.165) is 18.2 Å². The second-order valence-corrected chi connectivity index (χ2v) is 6.63. The molecule has 1 heterocycles. The van der Waals surface area contributed by atoms with Gasteiger partial charge in [0.15, 0.2) is 0 Å². The molecule has 0 radical (unpaired) electrons. The molecule has 5 nitrogen and oxygen atoms in total. The first kappa shape index (κ1) is 20.2. The number of ether oxygens (including phenoxy) is 1. The minimum absolute atomic E-state index is 0.0876. The Kier molecular flexibility index (Phi) is 5.21. The number of hydrogen-bond acceptors (Lipinski definition) is 4. The number of imide groups is 1. The van der Waals surface area contributed by atoms with Gasteiger partial charge in [-0.1, -0.05) is 24.3 Å². The van der Waals surface area contributed by atoms with Gasteiger partial charge in [0.05, 0.1) is 18.4 Å². The maximum Gasteiger partial charge on any atom is 0.282 e. The van der Waals surface area contributed by atoms with Crippen LogP contribution in [0.1, 0.15) is 5.56 Å². The predicted molar refractivity (Wildman–Crippen MR) is 109 cm³/mol. The molecule has 0 aliphatic carbocycles. The topological polar surface area (TPSA) is 58.6 Å². The van der Waals surface area contributed by atoms with Crippen molar-refractivity contribution in [3.05, 3.63) is 95.4 Å². The highest BCUT2D eigenvalue weighted by Gasteiger charge is 2.42. The number of nitrogens with zero attached hydrogens (tertiary/aromatic N) is 1. The van der Waals surface area contributed by atoms with Crippen molar-refractivity contribution in [2.45, 2.75) is 0 Å². The van der Waals surface area contributed by atoms with E-state index >= 15 is 0 Å². The van der Waals surface area contributed by atoms with Crippen LogP contribution in [0.2, 0.25) is 0 Å². The van der Waals surface area contributed by atoms with E-state index in [0.29, 0.717) is 16.7 Å². The second kappa shape index (κ2) is 7.98. The van der Waals surface area contributed by atoms with Crippen molar-refractivity contribution < 1.29 is 27.5 Å². The van der Waals surface area contributed by atoms with Crippen molar-refractivity contribution in [3.8, 4) is 5.75 Å². The Morgan fingerprint density at radius 1 is 0.839 bits per heavy atom. The largest absolute Gasteiger partial charge is 0.496 e. The number of halogens is 3. The Balaban J connectivity index is 1.88. The maximum absolute atomic E-state index is 14.4. The molecule has 31 heavy (non-hydrogen) atoms. The summed E-state index contributed by atoms with van der Waals surface area (Å²) in [5, 5.41) is 2.77. The number of anilines is 2. The Bertz CT molecular complexity index is 1240. The quantitative estimate of drug-likeness (QED) is 0.613. The SMILES string of the molecule is COc1ccccc1C1=C(Nc2cccc(F)c2)C(=O)N(c2ccc(F)cc2F)C1=O. The van der Waals surface area contributed by atoms with E-state index in [4.69, 9.17) is 4.74 Å². The van der Waals surface area contributed by atoms with E-state index in [1.807, 2.05) is 0 Å². The van der Waals surface area contributed by atoms with E-state index < -0.39 is 35.0 Å². The molecule has 0 fully saturated rings. The molecule has 1 N–H and O–H groups in total. The first-order valence-electron chi connectivity index (χ1n) is 9.15. The molecule has 1 aliphatic heterocycles. The van der Waals surface area contributed by atoms with Crippen molar-refractivity contribution in [1.29, 1.82) is 0 Å². The van der Waals surface area contributed by atoms with Crippen molar-refractivity contribution in [3.63, 3.8) is 0 Å². The van der Waals surface area contributed by atoms with Crippen LogP contribution in [0, 0.1) is 17.5 Å². The van der Waals surface area contributed by atoms with Gasteiger partial charge in [0.2, 0.25) is 0 Å². The lowest BCUT2D eigenvalue weighted by Crippen LogP contribution is -2.33. The number of rotatable bonds is 5. The average Bonchev–Trinajstić information content (AvgIpc) is 2.98. The Morgan fingerprint density at radius 2 is 1.58 bits per heavy atom. The Morgan fingerprint density at radius 3 is 2.29 bits per heavy atom. The van der Waals surface area contributed by atoms with Gasteiger partial charge in [-0.05, 0) is 36.4 Å². The standard InChI is InChI=1S/C23H15F3N2O3/c1-31-19-8-3-2-7-16(19)20-21(27-15-6-4-5-13(24)11-15)23(30)28(22(20)29)18-10-9-14(25)12-17(18)26/h2-12,27H,1H3. The molecule has 0 atom stereocenters. The number of benzene rings is 3. The lowest BCUT2D eigenvalue weighted by atomic mass is 10.0. The first-order chi connectivity index (χ1) is 14.9. The zero-order valence-corrected chi connectivity index (χ0v) is 16.2. The molecule has 3 aromatic rings. The van der Waals surface area contributed by atoms with E-state index in [2.05, 4.69) is 5.32 Å². The number of para-hydroxylation sites is 1. The third-order valence-electron chi connectivity index (χ3n) is 4.70. The smallest absolute Gasteiger partial charge is 0.282 e. The third-order valence-corrected chi connectivity index (χ3v) is 4.70. The zero-order valence-electron chi connectivity index (χ0n) is 16.2. The van der Waals surface area contributed by atoms with Gasteiger partial charge in [-0.3, -0.25) is 9.59 Å². The van der Waals surface area contributed by atoms with Gasteiger partial charge in [-0.25, -0.2) is 18.1 Å². The summed E-state index contributed by atoms with van der Waals surface area (Å²) in [6.45, 7) is 0. The number of carbonyl (C=O) groups is 2. The highest BCUT2D eigenvalue weighted by Crippen LogP contribution is 2.38. The Labute approximate surface area is 175 Å². The van der Waals surface area contributed by atoms with Crippen LogP contribution in [-0.2, 0) is 9.59 Å². The van der Waals surface area contributed by atoms with Gasteiger partial charge >= 0.3 is 0 Å². The van der Waals surface area contributed by atoms with Crippen molar-refractivity contribution in [1.82, 2.24) is 0 Å². The summed E-state index contributed by atoms with van der Waals surface area (Å²) in [6.07, 6.45) is 0. The summed E-state index contributed by atoms with van der Waals surface area (Å²) in [5.41, 5.74) is -0.184. The molecule has 8 heteroatoms. The van der Waals surface area contributed by atoms with Crippen LogP contribution in [0.15, 0.2) is 72.4 Å². The molecule has 0 spiro atoms. The number of hydrogen-bond donors (Lipinski definition) is 1. The minimum atomic E-state index is -1.08. The summed E-state index contributed by atoms with van der Waals surface area (Å²) in [6, 6.07) is 14.3. The summed E-state index contributed by atoms with van der Waals surface area (Å²) >= 11 is 0. The van der Waals surface area contributed by atoms with Gasteiger partial charge in [0, 0.05) is 17.3 Å². The van der Waals surface area contributed by atoms with Crippen LogP contribution < -0.4 is 15.0 Å². The van der Waals surface area contributed by atoms with Gasteiger partial charge in [0.25, 0.3) is 11.8 Å². The van der Waals surface area contributed by atoms with Crippen molar-refractivity contribution in [2.75, 3.05) is 17.3 Å². The normalized spacial score (nSPS) is 13.7. The molecule has 0 unspecified atom stereocenters. The highest BCUT2D eigenvalue weighted by atomic mass is 19.1. The average molecular weight is 424 g/mol. The van der Waals surface area contributed by atoms with Crippen molar-refractivity contribution >= 4 is 28.8 Å². The fourth-order valence-electron chi connectivity index (χ4n) is 3.34. The van der Waals surface area contributed by atoms with Crippen LogP contribution in [0.3, 0.4) is 0 Å².